The van der Waals surface area contributed by atoms with Crippen molar-refractivity contribution in [3.63, 3.8) is 0 Å². The van der Waals surface area contributed by atoms with E-state index >= 15 is 0 Å². The molecule has 0 fully saturated rings. The molecular weight excluding hydrogens is 475 g/mol. The van der Waals surface area contributed by atoms with Gasteiger partial charge in [0.25, 0.3) is 0 Å². The number of rotatable bonds is 9. The van der Waals surface area contributed by atoms with Gasteiger partial charge in [-0.1, -0.05) is 53.8 Å². The van der Waals surface area contributed by atoms with Gasteiger partial charge in [-0.05, 0) is 58.2 Å². The van der Waals surface area contributed by atoms with Crippen molar-refractivity contribution in [2.75, 3.05) is 23.8 Å². The van der Waals surface area contributed by atoms with E-state index in [9.17, 15) is 9.18 Å². The number of aryl methyl sites for hydroxylation is 1. The highest BCUT2D eigenvalue weighted by Gasteiger charge is 2.23. The third-order valence-corrected chi connectivity index (χ3v) is 6.63. The summed E-state index contributed by atoms with van der Waals surface area (Å²) in [5.74, 6) is 0.320. The van der Waals surface area contributed by atoms with Crippen molar-refractivity contribution in [1.82, 2.24) is 19.9 Å². The average molecular weight is 509 g/mol. The predicted molar refractivity (Wildman–Crippen MR) is 145 cm³/mol. The fourth-order valence-electron chi connectivity index (χ4n) is 3.90. The largest absolute Gasteiger partial charge is 0.364 e. The second-order valence-corrected chi connectivity index (χ2v) is 11.1. The maximum Gasteiger partial charge on any atom is 0.239 e. The van der Waals surface area contributed by atoms with E-state index in [1.54, 1.807) is 10.6 Å². The second kappa shape index (κ2) is 10.7. The van der Waals surface area contributed by atoms with E-state index in [1.807, 2.05) is 63.9 Å². The molecule has 190 valence electrons. The summed E-state index contributed by atoms with van der Waals surface area (Å²) in [5, 5.41) is 12.0. The molecule has 2 heterocycles. The van der Waals surface area contributed by atoms with Crippen LogP contribution in [-0.2, 0) is 11.2 Å². The molecule has 0 bridgehead atoms. The van der Waals surface area contributed by atoms with Gasteiger partial charge in [0.05, 0.1) is 6.54 Å². The fraction of sp³-hybridized carbons (Fsp3) is 0.370. The van der Waals surface area contributed by atoms with Gasteiger partial charge in [0, 0.05) is 24.2 Å². The molecular formula is C27H33FN6OS. The van der Waals surface area contributed by atoms with E-state index in [-0.39, 0.29) is 29.8 Å². The van der Waals surface area contributed by atoms with E-state index < -0.39 is 0 Å². The summed E-state index contributed by atoms with van der Waals surface area (Å²) in [7, 11) is 1.84. The summed E-state index contributed by atoms with van der Waals surface area (Å²) in [4.78, 5) is 19.9. The third kappa shape index (κ3) is 6.40. The van der Waals surface area contributed by atoms with Crippen molar-refractivity contribution in [3.8, 4) is 11.3 Å². The third-order valence-electron chi connectivity index (χ3n) is 5.61. The standard InChI is InChI=1S/C27H33FN6OS/c1-18(14-15-19-10-7-6-8-11-19)29-22(35)17-33(5)26-32-34-24(31-27(2,3)4)23(30-25(34)36-26)20-12-9-13-21(28)16-20/h6-13,16,18,31H,14-15,17H2,1-5H3,(H,29,35)/t18-/m1/s1. The molecule has 0 saturated carbocycles. The van der Waals surface area contributed by atoms with E-state index in [1.165, 1.54) is 29.0 Å². The van der Waals surface area contributed by atoms with Crippen molar-refractivity contribution >= 4 is 33.2 Å². The van der Waals surface area contributed by atoms with Crippen LogP contribution in [0.3, 0.4) is 0 Å². The molecule has 9 heteroatoms. The number of imidazole rings is 1. The minimum Gasteiger partial charge on any atom is -0.364 e. The van der Waals surface area contributed by atoms with E-state index in [4.69, 9.17) is 10.1 Å². The number of carbonyl (C=O) groups is 1. The molecule has 1 amide bonds. The first-order valence-electron chi connectivity index (χ1n) is 12.1. The fourth-order valence-corrected chi connectivity index (χ4v) is 4.76. The highest BCUT2D eigenvalue weighted by atomic mass is 32.1. The molecule has 0 aliphatic carbocycles. The van der Waals surface area contributed by atoms with Gasteiger partial charge in [-0.2, -0.15) is 4.52 Å². The molecule has 0 saturated heterocycles. The normalized spacial score (nSPS) is 12.5. The van der Waals surface area contributed by atoms with Gasteiger partial charge in [-0.3, -0.25) is 4.79 Å². The van der Waals surface area contributed by atoms with Crippen molar-refractivity contribution < 1.29 is 9.18 Å². The minimum absolute atomic E-state index is 0.0561. The van der Waals surface area contributed by atoms with Crippen LogP contribution >= 0.6 is 11.3 Å². The lowest BCUT2D eigenvalue weighted by Crippen LogP contribution is -2.40. The summed E-state index contributed by atoms with van der Waals surface area (Å²) in [6.45, 7) is 8.35. The summed E-state index contributed by atoms with van der Waals surface area (Å²) < 4.78 is 15.6. The Morgan fingerprint density at radius 2 is 1.92 bits per heavy atom. The number of anilines is 2. The maximum absolute atomic E-state index is 13.9. The zero-order chi connectivity index (χ0) is 25.9. The number of amides is 1. The monoisotopic (exact) mass is 508 g/mol. The molecule has 7 nitrogen and oxygen atoms in total. The Morgan fingerprint density at radius 1 is 1.17 bits per heavy atom. The number of hydrogen-bond donors (Lipinski definition) is 2. The summed E-state index contributed by atoms with van der Waals surface area (Å²) in [5.41, 5.74) is 2.32. The quantitative estimate of drug-likeness (QED) is 0.318. The number of hydrogen-bond acceptors (Lipinski definition) is 6. The van der Waals surface area contributed by atoms with Gasteiger partial charge < -0.3 is 15.5 Å². The molecule has 0 aliphatic heterocycles. The highest BCUT2D eigenvalue weighted by Crippen LogP contribution is 2.34. The van der Waals surface area contributed by atoms with Gasteiger partial charge in [0.1, 0.15) is 11.5 Å². The molecule has 1 atom stereocenters. The summed E-state index contributed by atoms with van der Waals surface area (Å²) in [6, 6.07) is 16.7. The van der Waals surface area contributed by atoms with Crippen molar-refractivity contribution in [3.05, 3.63) is 66.0 Å². The summed E-state index contributed by atoms with van der Waals surface area (Å²) >= 11 is 1.39. The van der Waals surface area contributed by atoms with Gasteiger partial charge in [0.2, 0.25) is 16.0 Å². The molecule has 4 rings (SSSR count). The van der Waals surface area contributed by atoms with Crippen LogP contribution in [0.25, 0.3) is 16.2 Å². The molecule has 0 radical (unpaired) electrons. The summed E-state index contributed by atoms with van der Waals surface area (Å²) in [6.07, 6.45) is 1.79. The molecule has 0 unspecified atom stereocenters. The van der Waals surface area contributed by atoms with Gasteiger partial charge in [-0.25, -0.2) is 9.37 Å². The van der Waals surface area contributed by atoms with Crippen LogP contribution < -0.4 is 15.5 Å². The molecule has 4 aromatic rings. The van der Waals surface area contributed by atoms with Gasteiger partial charge in [0.15, 0.2) is 5.82 Å². The molecule has 0 aliphatic rings. The van der Waals surface area contributed by atoms with Crippen molar-refractivity contribution in [2.24, 2.45) is 0 Å². The van der Waals surface area contributed by atoms with Crippen molar-refractivity contribution in [2.45, 2.75) is 52.1 Å². The van der Waals surface area contributed by atoms with Crippen molar-refractivity contribution in [1.29, 1.82) is 0 Å². The first-order chi connectivity index (χ1) is 17.1. The number of nitrogens with zero attached hydrogens (tertiary/aromatic N) is 4. The van der Waals surface area contributed by atoms with Gasteiger partial charge in [-0.15, -0.1) is 5.10 Å². The predicted octanol–water partition coefficient (Wildman–Crippen LogP) is 5.38. The first-order valence-corrected chi connectivity index (χ1v) is 12.9. The van der Waals surface area contributed by atoms with Crippen LogP contribution in [0.4, 0.5) is 15.3 Å². The Kier molecular flexibility index (Phi) is 7.59. The Hall–Kier alpha value is -3.46. The first kappa shape index (κ1) is 25.6. The van der Waals surface area contributed by atoms with E-state index in [2.05, 4.69) is 22.8 Å². The van der Waals surface area contributed by atoms with Crippen LogP contribution in [0.1, 0.15) is 39.7 Å². The Bertz CT molecular complexity index is 1330. The Labute approximate surface area is 215 Å². The average Bonchev–Trinajstić information content (AvgIpc) is 3.37. The zero-order valence-corrected chi connectivity index (χ0v) is 22.2. The molecule has 0 spiro atoms. The smallest absolute Gasteiger partial charge is 0.239 e. The number of halogens is 1. The number of fused-ring (bicyclic) bond motifs is 1. The lowest BCUT2D eigenvalue weighted by molar-refractivity contribution is -0.120. The molecule has 36 heavy (non-hydrogen) atoms. The molecule has 2 N–H and O–H groups in total. The second-order valence-electron chi connectivity index (χ2n) is 10.1. The zero-order valence-electron chi connectivity index (χ0n) is 21.4. The van der Waals surface area contributed by atoms with E-state index in [0.717, 1.165) is 12.8 Å². The number of aromatic nitrogens is 3. The number of benzene rings is 2. The molecule has 2 aromatic carbocycles. The lowest BCUT2D eigenvalue weighted by atomic mass is 10.1. The maximum atomic E-state index is 13.9. The number of nitrogens with one attached hydrogen (secondary N) is 2. The van der Waals surface area contributed by atoms with Crippen LogP contribution in [0.15, 0.2) is 54.6 Å². The van der Waals surface area contributed by atoms with Crippen LogP contribution in [0, 0.1) is 5.82 Å². The van der Waals surface area contributed by atoms with Crippen LogP contribution in [0.2, 0.25) is 0 Å². The topological polar surface area (TPSA) is 74.6 Å². The number of likely N-dealkylation sites (N-methyl/N-ethyl adjacent to an activating group) is 1. The van der Waals surface area contributed by atoms with Gasteiger partial charge >= 0.3 is 0 Å². The number of carbonyl (C=O) groups excluding carboxylic acids is 1. The van der Waals surface area contributed by atoms with Crippen LogP contribution in [0.5, 0.6) is 0 Å². The molecule has 2 aromatic heterocycles. The minimum atomic E-state index is -0.317. The Morgan fingerprint density at radius 3 is 2.61 bits per heavy atom. The lowest BCUT2D eigenvalue weighted by Gasteiger charge is -2.22. The Balaban J connectivity index is 1.47. The van der Waals surface area contributed by atoms with E-state index in [0.29, 0.717) is 27.2 Å². The van der Waals surface area contributed by atoms with Crippen LogP contribution in [-0.4, -0.2) is 45.7 Å². The SMILES string of the molecule is C[C@H](CCc1ccccc1)NC(=O)CN(C)c1nn2c(NC(C)(C)C)c(-c3cccc(F)c3)nc2s1. The highest BCUT2D eigenvalue weighted by molar-refractivity contribution is 7.20.